The van der Waals surface area contributed by atoms with E-state index in [0.29, 0.717) is 0 Å². The number of hydrogen-bond donors (Lipinski definition) is 0. The molecule has 19 heavy (non-hydrogen) atoms. The van der Waals surface area contributed by atoms with Crippen LogP contribution in [0.25, 0.3) is 11.1 Å². The van der Waals surface area contributed by atoms with Crippen molar-refractivity contribution in [3.63, 3.8) is 0 Å². The second-order valence-corrected chi connectivity index (χ2v) is 5.26. The minimum atomic E-state index is 1.12. The molecule has 0 amide bonds. The van der Waals surface area contributed by atoms with Gasteiger partial charge in [0, 0.05) is 38.1 Å². The van der Waals surface area contributed by atoms with Crippen LogP contribution in [-0.2, 0) is 13.5 Å². The van der Waals surface area contributed by atoms with Gasteiger partial charge in [0.05, 0.1) is 6.20 Å². The van der Waals surface area contributed by atoms with Gasteiger partial charge in [0.15, 0.2) is 0 Å². The Labute approximate surface area is 117 Å². The van der Waals surface area contributed by atoms with Gasteiger partial charge in [0.25, 0.3) is 0 Å². The standard InChI is InChI=1S/C13H16N3P.C2H6/c1-15-4-3-9-5-13(17)11(6-12(9)15)10-7-14-16(2)8-10;1-2/h5-8H,3-4,17H2,1-2H3;1-2H3. The SMILES string of the molecule is CC.CN1CCc2cc(P)c(-c3cnn(C)c3)cc21. The van der Waals surface area contributed by atoms with E-state index in [1.165, 1.54) is 27.7 Å². The van der Waals surface area contributed by atoms with Crippen LogP contribution in [0, 0.1) is 0 Å². The fraction of sp³-hybridized carbons (Fsp3) is 0.400. The first-order valence-electron chi connectivity index (χ1n) is 6.77. The second kappa shape index (κ2) is 5.75. The quantitative estimate of drug-likeness (QED) is 0.746. The summed E-state index contributed by atoms with van der Waals surface area (Å²) in [6.07, 6.45) is 5.13. The van der Waals surface area contributed by atoms with Gasteiger partial charge in [-0.25, -0.2) is 0 Å². The lowest BCUT2D eigenvalue weighted by Crippen LogP contribution is -2.12. The summed E-state index contributed by atoms with van der Waals surface area (Å²) in [6.45, 7) is 5.12. The maximum atomic E-state index is 4.24. The first-order chi connectivity index (χ1) is 9.15. The monoisotopic (exact) mass is 275 g/mol. The number of benzene rings is 1. The third kappa shape index (κ3) is 2.66. The Bertz CT molecular complexity index is 575. The molecule has 1 atom stereocenters. The Balaban J connectivity index is 0.000000637. The maximum absolute atomic E-state index is 4.24. The molecule has 3 nitrogen and oxygen atoms in total. The maximum Gasteiger partial charge on any atom is 0.0568 e. The topological polar surface area (TPSA) is 21.1 Å². The summed E-state index contributed by atoms with van der Waals surface area (Å²) in [4.78, 5) is 2.32. The van der Waals surface area contributed by atoms with Crippen LogP contribution >= 0.6 is 9.24 Å². The van der Waals surface area contributed by atoms with Crippen LogP contribution in [0.4, 0.5) is 5.69 Å². The second-order valence-electron chi connectivity index (χ2n) is 4.64. The van der Waals surface area contributed by atoms with Crippen LogP contribution in [0.3, 0.4) is 0 Å². The molecule has 0 bridgehead atoms. The molecule has 0 saturated carbocycles. The molecule has 0 saturated heterocycles. The lowest BCUT2D eigenvalue weighted by Gasteiger charge is -2.14. The van der Waals surface area contributed by atoms with E-state index < -0.39 is 0 Å². The zero-order valence-corrected chi connectivity index (χ0v) is 13.3. The van der Waals surface area contributed by atoms with Gasteiger partial charge in [-0.3, -0.25) is 4.68 Å². The summed E-state index contributed by atoms with van der Waals surface area (Å²) >= 11 is 0. The van der Waals surface area contributed by atoms with E-state index in [1.54, 1.807) is 0 Å². The van der Waals surface area contributed by atoms with Crippen molar-refractivity contribution in [3.05, 3.63) is 30.1 Å². The Morgan fingerprint density at radius 2 is 1.95 bits per heavy atom. The number of aromatic nitrogens is 2. The molecule has 2 aromatic rings. The molecule has 0 radical (unpaired) electrons. The van der Waals surface area contributed by atoms with Crippen LogP contribution in [0.1, 0.15) is 19.4 Å². The van der Waals surface area contributed by atoms with E-state index >= 15 is 0 Å². The van der Waals surface area contributed by atoms with Crippen LogP contribution in [0.15, 0.2) is 24.5 Å². The summed E-state index contributed by atoms with van der Waals surface area (Å²) in [5.41, 5.74) is 5.25. The molecular weight excluding hydrogens is 253 g/mol. The molecule has 1 aromatic heterocycles. The van der Waals surface area contributed by atoms with Crippen LogP contribution in [0.5, 0.6) is 0 Å². The van der Waals surface area contributed by atoms with Crippen molar-refractivity contribution in [1.29, 1.82) is 0 Å². The highest BCUT2D eigenvalue weighted by Crippen LogP contribution is 2.31. The molecular formula is C15H22N3P. The highest BCUT2D eigenvalue weighted by atomic mass is 31.0. The molecule has 3 rings (SSSR count). The van der Waals surface area contributed by atoms with Gasteiger partial charge in [-0.2, -0.15) is 5.10 Å². The summed E-state index contributed by atoms with van der Waals surface area (Å²) in [6, 6.07) is 4.56. The van der Waals surface area contributed by atoms with Crippen molar-refractivity contribution >= 4 is 20.2 Å². The Morgan fingerprint density at radius 1 is 1.21 bits per heavy atom. The van der Waals surface area contributed by atoms with E-state index in [2.05, 4.69) is 44.6 Å². The molecule has 0 fully saturated rings. The molecule has 102 valence electrons. The van der Waals surface area contributed by atoms with E-state index in [4.69, 9.17) is 0 Å². The van der Waals surface area contributed by atoms with Crippen molar-refractivity contribution in [2.24, 2.45) is 7.05 Å². The predicted octanol–water partition coefficient (Wildman–Crippen LogP) is 2.61. The smallest absolute Gasteiger partial charge is 0.0568 e. The van der Waals surface area contributed by atoms with Gasteiger partial charge in [0.2, 0.25) is 0 Å². The van der Waals surface area contributed by atoms with Crippen LogP contribution < -0.4 is 10.2 Å². The highest BCUT2D eigenvalue weighted by molar-refractivity contribution is 7.28. The average Bonchev–Trinajstić information content (AvgIpc) is 2.98. The third-order valence-corrected chi connectivity index (χ3v) is 3.87. The lowest BCUT2D eigenvalue weighted by atomic mass is 10.0. The zero-order chi connectivity index (χ0) is 14.0. The number of rotatable bonds is 1. The van der Waals surface area contributed by atoms with Crippen molar-refractivity contribution in [2.45, 2.75) is 20.3 Å². The van der Waals surface area contributed by atoms with E-state index in [1.807, 2.05) is 31.8 Å². The number of hydrogen-bond acceptors (Lipinski definition) is 2. The fourth-order valence-electron chi connectivity index (χ4n) is 2.43. The van der Waals surface area contributed by atoms with Gasteiger partial charge in [-0.1, -0.05) is 13.8 Å². The van der Waals surface area contributed by atoms with E-state index in [9.17, 15) is 0 Å². The Hall–Kier alpha value is -1.34. The van der Waals surface area contributed by atoms with E-state index in [0.717, 1.165) is 13.0 Å². The number of nitrogens with zero attached hydrogens (tertiary/aromatic N) is 3. The molecule has 0 spiro atoms. The average molecular weight is 275 g/mol. The van der Waals surface area contributed by atoms with Gasteiger partial charge in [-0.05, 0) is 35.0 Å². The highest BCUT2D eigenvalue weighted by Gasteiger charge is 2.18. The molecule has 2 heterocycles. The van der Waals surface area contributed by atoms with Crippen molar-refractivity contribution in [3.8, 4) is 11.1 Å². The molecule has 1 unspecified atom stereocenters. The van der Waals surface area contributed by atoms with Crippen molar-refractivity contribution < 1.29 is 0 Å². The van der Waals surface area contributed by atoms with Gasteiger partial charge >= 0.3 is 0 Å². The molecule has 1 aliphatic heterocycles. The first kappa shape index (κ1) is 14.1. The summed E-state index contributed by atoms with van der Waals surface area (Å²) in [5.74, 6) is 0. The summed E-state index contributed by atoms with van der Waals surface area (Å²) < 4.78 is 1.84. The molecule has 1 aromatic carbocycles. The number of likely N-dealkylation sites (N-methyl/N-ethyl adjacent to an activating group) is 1. The predicted molar refractivity (Wildman–Crippen MR) is 86.3 cm³/mol. The largest absolute Gasteiger partial charge is 0.374 e. The third-order valence-electron chi connectivity index (χ3n) is 3.39. The molecule has 1 aliphatic rings. The minimum absolute atomic E-state index is 1.12. The molecule has 4 heteroatoms. The van der Waals surface area contributed by atoms with Crippen molar-refractivity contribution in [2.75, 3.05) is 18.5 Å². The fourth-order valence-corrected chi connectivity index (χ4v) is 2.88. The van der Waals surface area contributed by atoms with Crippen LogP contribution in [0.2, 0.25) is 0 Å². The van der Waals surface area contributed by atoms with Crippen LogP contribution in [-0.4, -0.2) is 23.4 Å². The number of fused-ring (bicyclic) bond motifs is 1. The Kier molecular flexibility index (Phi) is 4.26. The summed E-state index contributed by atoms with van der Waals surface area (Å²) in [7, 11) is 6.94. The molecule has 0 aliphatic carbocycles. The van der Waals surface area contributed by atoms with Gasteiger partial charge < -0.3 is 4.90 Å². The van der Waals surface area contributed by atoms with E-state index in [-0.39, 0.29) is 0 Å². The van der Waals surface area contributed by atoms with Gasteiger partial charge in [-0.15, -0.1) is 9.24 Å². The van der Waals surface area contributed by atoms with Gasteiger partial charge in [0.1, 0.15) is 0 Å². The summed E-state index contributed by atoms with van der Waals surface area (Å²) in [5, 5.41) is 5.50. The molecule has 0 N–H and O–H groups in total. The zero-order valence-electron chi connectivity index (χ0n) is 12.1. The number of anilines is 1. The lowest BCUT2D eigenvalue weighted by molar-refractivity contribution is 0.768. The Morgan fingerprint density at radius 3 is 2.58 bits per heavy atom. The number of aryl methyl sites for hydroxylation is 1. The normalized spacial score (nSPS) is 13.0. The first-order valence-corrected chi connectivity index (χ1v) is 7.35. The minimum Gasteiger partial charge on any atom is -0.374 e. The van der Waals surface area contributed by atoms with Crippen molar-refractivity contribution in [1.82, 2.24) is 9.78 Å².